The molecule has 1 fully saturated rings. The summed E-state index contributed by atoms with van der Waals surface area (Å²) in [4.78, 5) is 2.66. The highest BCUT2D eigenvalue weighted by molar-refractivity contribution is 5.63. The SMILES string of the molecule is CCc1cccc(C)c1N1CC(C)(c2ccccc2)CC1(C)C. The molecule has 23 heavy (non-hydrogen) atoms. The fraction of sp³-hybridized carbons (Fsp3) is 0.455. The van der Waals surface area contributed by atoms with Gasteiger partial charge in [0.15, 0.2) is 0 Å². The molecule has 1 aliphatic rings. The summed E-state index contributed by atoms with van der Waals surface area (Å²) in [5.41, 5.74) is 6.16. The van der Waals surface area contributed by atoms with Gasteiger partial charge in [0.25, 0.3) is 0 Å². The Morgan fingerprint density at radius 2 is 1.65 bits per heavy atom. The Balaban J connectivity index is 2.05. The lowest BCUT2D eigenvalue weighted by molar-refractivity contribution is 0.445. The number of nitrogens with zero attached hydrogens (tertiary/aromatic N) is 1. The van der Waals surface area contributed by atoms with Crippen molar-refractivity contribution in [3.05, 3.63) is 65.2 Å². The van der Waals surface area contributed by atoms with E-state index in [1.54, 1.807) is 0 Å². The normalized spacial score (nSPS) is 23.3. The molecule has 1 saturated heterocycles. The van der Waals surface area contributed by atoms with Gasteiger partial charge < -0.3 is 4.90 Å². The van der Waals surface area contributed by atoms with Crippen LogP contribution < -0.4 is 4.90 Å². The van der Waals surface area contributed by atoms with Crippen molar-refractivity contribution in [3.63, 3.8) is 0 Å². The van der Waals surface area contributed by atoms with Crippen molar-refractivity contribution in [2.75, 3.05) is 11.4 Å². The zero-order chi connectivity index (χ0) is 16.7. The number of para-hydroxylation sites is 1. The molecule has 2 aromatic carbocycles. The predicted octanol–water partition coefficient (Wildman–Crippen LogP) is 5.50. The van der Waals surface area contributed by atoms with Crippen LogP contribution in [0.1, 0.15) is 50.8 Å². The summed E-state index contributed by atoms with van der Waals surface area (Å²) in [5.74, 6) is 0. The first-order chi connectivity index (χ1) is 10.9. The lowest BCUT2D eigenvalue weighted by atomic mass is 9.78. The van der Waals surface area contributed by atoms with E-state index in [-0.39, 0.29) is 11.0 Å². The molecule has 0 amide bonds. The molecule has 1 nitrogen and oxygen atoms in total. The van der Waals surface area contributed by atoms with Crippen LogP contribution in [0.2, 0.25) is 0 Å². The maximum absolute atomic E-state index is 2.66. The molecule has 1 heterocycles. The van der Waals surface area contributed by atoms with Crippen molar-refractivity contribution in [2.24, 2.45) is 0 Å². The molecule has 0 spiro atoms. The molecule has 0 N–H and O–H groups in total. The number of rotatable bonds is 3. The van der Waals surface area contributed by atoms with Gasteiger partial charge in [-0.25, -0.2) is 0 Å². The number of aryl methyl sites for hydroxylation is 2. The van der Waals surface area contributed by atoms with Crippen molar-refractivity contribution in [1.29, 1.82) is 0 Å². The fourth-order valence-electron chi connectivity index (χ4n) is 4.48. The molecule has 1 aliphatic heterocycles. The topological polar surface area (TPSA) is 3.24 Å². The van der Waals surface area contributed by atoms with Gasteiger partial charge >= 0.3 is 0 Å². The summed E-state index contributed by atoms with van der Waals surface area (Å²) in [7, 11) is 0. The second-order valence-electron chi connectivity index (χ2n) is 7.94. The van der Waals surface area contributed by atoms with Gasteiger partial charge in [-0.1, -0.05) is 62.4 Å². The van der Waals surface area contributed by atoms with Crippen molar-refractivity contribution in [2.45, 2.75) is 58.4 Å². The van der Waals surface area contributed by atoms with Crippen LogP contribution in [0.4, 0.5) is 5.69 Å². The zero-order valence-corrected chi connectivity index (χ0v) is 15.2. The van der Waals surface area contributed by atoms with E-state index in [1.807, 2.05) is 0 Å². The van der Waals surface area contributed by atoms with Gasteiger partial charge in [0.05, 0.1) is 0 Å². The van der Waals surface area contributed by atoms with Crippen LogP contribution in [0.3, 0.4) is 0 Å². The maximum Gasteiger partial charge on any atom is 0.0433 e. The van der Waals surface area contributed by atoms with Gasteiger partial charge in [-0.3, -0.25) is 0 Å². The number of hydrogen-bond donors (Lipinski definition) is 0. The van der Waals surface area contributed by atoms with Gasteiger partial charge in [-0.05, 0) is 50.3 Å². The molecule has 0 bridgehead atoms. The highest BCUT2D eigenvalue weighted by Crippen LogP contribution is 2.47. The van der Waals surface area contributed by atoms with E-state index in [9.17, 15) is 0 Å². The molecule has 3 rings (SSSR count). The second kappa shape index (κ2) is 5.70. The smallest absolute Gasteiger partial charge is 0.0433 e. The van der Waals surface area contributed by atoms with Crippen LogP contribution in [-0.4, -0.2) is 12.1 Å². The molecule has 0 aromatic heterocycles. The zero-order valence-electron chi connectivity index (χ0n) is 15.2. The standard InChI is InChI=1S/C22H29N/c1-6-18-12-10-11-17(2)20(18)23-16-22(5,15-21(23,3)4)19-13-8-7-9-14-19/h7-14H,6,15-16H2,1-5H3. The molecule has 1 unspecified atom stereocenters. The molecule has 1 heteroatoms. The Morgan fingerprint density at radius 3 is 2.30 bits per heavy atom. The van der Waals surface area contributed by atoms with Gasteiger partial charge in [-0.2, -0.15) is 0 Å². The minimum atomic E-state index is 0.167. The highest BCUT2D eigenvalue weighted by Gasteiger charge is 2.47. The summed E-state index contributed by atoms with van der Waals surface area (Å²) in [5, 5.41) is 0. The Kier molecular flexibility index (Phi) is 4.00. The second-order valence-corrected chi connectivity index (χ2v) is 7.94. The number of anilines is 1. The van der Waals surface area contributed by atoms with E-state index in [4.69, 9.17) is 0 Å². The molecular formula is C22H29N. The molecule has 0 radical (unpaired) electrons. The highest BCUT2D eigenvalue weighted by atomic mass is 15.2. The van der Waals surface area contributed by atoms with Gasteiger partial charge in [0.2, 0.25) is 0 Å². The molecule has 2 aromatic rings. The first-order valence-electron chi connectivity index (χ1n) is 8.79. The average molecular weight is 307 g/mol. The van der Waals surface area contributed by atoms with Crippen LogP contribution in [0.15, 0.2) is 48.5 Å². The fourth-order valence-corrected chi connectivity index (χ4v) is 4.48. The first-order valence-corrected chi connectivity index (χ1v) is 8.79. The minimum Gasteiger partial charge on any atom is -0.365 e. The summed E-state index contributed by atoms with van der Waals surface area (Å²) in [6.45, 7) is 12.8. The third-order valence-electron chi connectivity index (χ3n) is 5.50. The van der Waals surface area contributed by atoms with E-state index in [1.165, 1.54) is 28.8 Å². The Labute approximate surface area is 141 Å². The summed E-state index contributed by atoms with van der Waals surface area (Å²) in [6, 6.07) is 17.8. The first kappa shape index (κ1) is 16.1. The summed E-state index contributed by atoms with van der Waals surface area (Å²) >= 11 is 0. The van der Waals surface area contributed by atoms with Gasteiger partial charge in [0, 0.05) is 23.2 Å². The number of hydrogen-bond acceptors (Lipinski definition) is 1. The van der Waals surface area contributed by atoms with Gasteiger partial charge in [0.1, 0.15) is 0 Å². The van der Waals surface area contributed by atoms with Crippen molar-refractivity contribution < 1.29 is 0 Å². The van der Waals surface area contributed by atoms with Crippen LogP contribution in [-0.2, 0) is 11.8 Å². The van der Waals surface area contributed by atoms with E-state index in [0.717, 1.165) is 13.0 Å². The Hall–Kier alpha value is -1.76. The average Bonchev–Trinajstić information content (AvgIpc) is 2.78. The molecular weight excluding hydrogens is 278 g/mol. The van der Waals surface area contributed by atoms with Gasteiger partial charge in [-0.15, -0.1) is 0 Å². The maximum atomic E-state index is 2.66. The van der Waals surface area contributed by atoms with Crippen LogP contribution in [0.25, 0.3) is 0 Å². The predicted molar refractivity (Wildman–Crippen MR) is 100 cm³/mol. The molecule has 1 atom stereocenters. The molecule has 0 saturated carbocycles. The summed E-state index contributed by atoms with van der Waals surface area (Å²) in [6.07, 6.45) is 2.27. The quantitative estimate of drug-likeness (QED) is 0.723. The largest absolute Gasteiger partial charge is 0.365 e. The van der Waals surface area contributed by atoms with Crippen molar-refractivity contribution in [1.82, 2.24) is 0 Å². The van der Waals surface area contributed by atoms with Crippen molar-refractivity contribution in [3.8, 4) is 0 Å². The van der Waals surface area contributed by atoms with E-state index in [2.05, 4.69) is 88.0 Å². The third kappa shape index (κ3) is 2.78. The van der Waals surface area contributed by atoms with Crippen LogP contribution in [0, 0.1) is 6.92 Å². The van der Waals surface area contributed by atoms with E-state index >= 15 is 0 Å². The van der Waals surface area contributed by atoms with E-state index < -0.39 is 0 Å². The lowest BCUT2D eigenvalue weighted by Gasteiger charge is -2.36. The number of benzene rings is 2. The van der Waals surface area contributed by atoms with Crippen LogP contribution >= 0.6 is 0 Å². The van der Waals surface area contributed by atoms with Crippen LogP contribution in [0.5, 0.6) is 0 Å². The Bertz CT molecular complexity index is 686. The summed E-state index contributed by atoms with van der Waals surface area (Å²) < 4.78 is 0. The van der Waals surface area contributed by atoms with Crippen molar-refractivity contribution >= 4 is 5.69 Å². The Morgan fingerprint density at radius 1 is 0.957 bits per heavy atom. The monoisotopic (exact) mass is 307 g/mol. The third-order valence-corrected chi connectivity index (χ3v) is 5.50. The molecule has 0 aliphatic carbocycles. The lowest BCUT2D eigenvalue weighted by Crippen LogP contribution is -2.39. The minimum absolute atomic E-state index is 0.167. The van der Waals surface area contributed by atoms with E-state index in [0.29, 0.717) is 0 Å². The molecule has 122 valence electrons.